The molecule has 1 fully saturated rings. The van der Waals surface area contributed by atoms with Gasteiger partial charge in [-0.2, -0.15) is 0 Å². The standard InChI is InChI=1S/C26H37NO6S/c1-6-9-22-24(16(3)26(29)30)27-23(34-22)14-21(33-18-10-7-8-11-18)25(28)17-12-19(31-4)15(2)20(13-17)32-5/h12-13,16,18,21,25,28H,6-11,14H2,1-5H3,(H,29,30). The molecule has 0 radical (unpaired) electrons. The van der Waals surface area contributed by atoms with Gasteiger partial charge in [0, 0.05) is 16.9 Å². The van der Waals surface area contributed by atoms with Gasteiger partial charge in [0.15, 0.2) is 0 Å². The van der Waals surface area contributed by atoms with Crippen LogP contribution < -0.4 is 9.47 Å². The summed E-state index contributed by atoms with van der Waals surface area (Å²) in [4.78, 5) is 17.4. The Morgan fingerprint density at radius 3 is 2.35 bits per heavy atom. The van der Waals surface area contributed by atoms with Crippen molar-refractivity contribution in [2.45, 2.75) is 89.9 Å². The Bertz CT molecular complexity index is 943. The van der Waals surface area contributed by atoms with Crippen molar-refractivity contribution in [3.63, 3.8) is 0 Å². The molecule has 1 aliphatic rings. The second-order valence-corrected chi connectivity index (χ2v) is 10.2. The smallest absolute Gasteiger partial charge is 0.312 e. The highest BCUT2D eigenvalue weighted by Crippen LogP contribution is 2.36. The molecular weight excluding hydrogens is 454 g/mol. The maximum atomic E-state index is 11.6. The lowest BCUT2D eigenvalue weighted by Gasteiger charge is -2.27. The van der Waals surface area contributed by atoms with Crippen LogP contribution in [0.2, 0.25) is 0 Å². The van der Waals surface area contributed by atoms with Crippen LogP contribution in [0.25, 0.3) is 0 Å². The molecule has 7 nitrogen and oxygen atoms in total. The largest absolute Gasteiger partial charge is 0.496 e. The highest BCUT2D eigenvalue weighted by Gasteiger charge is 2.31. The van der Waals surface area contributed by atoms with Gasteiger partial charge in [-0.1, -0.05) is 26.2 Å². The Hall–Kier alpha value is -2.16. The van der Waals surface area contributed by atoms with Crippen molar-refractivity contribution in [1.82, 2.24) is 4.98 Å². The molecule has 2 N–H and O–H groups in total. The first-order chi connectivity index (χ1) is 16.3. The lowest BCUT2D eigenvalue weighted by Crippen LogP contribution is -2.29. The van der Waals surface area contributed by atoms with Crippen LogP contribution in [0.4, 0.5) is 0 Å². The molecule has 34 heavy (non-hydrogen) atoms. The summed E-state index contributed by atoms with van der Waals surface area (Å²) < 4.78 is 17.5. The van der Waals surface area contributed by atoms with Gasteiger partial charge in [-0.25, -0.2) is 4.98 Å². The molecule has 0 saturated heterocycles. The number of carboxylic acids is 1. The van der Waals surface area contributed by atoms with E-state index in [0.717, 1.165) is 54.0 Å². The quantitative estimate of drug-likeness (QED) is 0.420. The number of hydrogen-bond donors (Lipinski definition) is 2. The minimum Gasteiger partial charge on any atom is -0.496 e. The third-order valence-corrected chi connectivity index (χ3v) is 7.70. The predicted molar refractivity (Wildman–Crippen MR) is 132 cm³/mol. The predicted octanol–water partition coefficient (Wildman–Crippen LogP) is 5.21. The molecule has 3 rings (SSSR count). The van der Waals surface area contributed by atoms with Gasteiger partial charge in [0.05, 0.1) is 43.0 Å². The van der Waals surface area contributed by atoms with Crippen LogP contribution >= 0.6 is 11.3 Å². The first-order valence-corrected chi connectivity index (χ1v) is 12.9. The zero-order valence-corrected chi connectivity index (χ0v) is 21.6. The summed E-state index contributed by atoms with van der Waals surface area (Å²) in [7, 11) is 3.20. The summed E-state index contributed by atoms with van der Waals surface area (Å²) in [6.45, 7) is 5.66. The number of aryl methyl sites for hydroxylation is 1. The minimum absolute atomic E-state index is 0.0985. The Morgan fingerprint density at radius 1 is 1.21 bits per heavy atom. The van der Waals surface area contributed by atoms with Gasteiger partial charge in [-0.15, -0.1) is 11.3 Å². The first kappa shape index (κ1) is 26.4. The molecule has 0 amide bonds. The average molecular weight is 492 g/mol. The van der Waals surface area contributed by atoms with Crippen molar-refractivity contribution in [1.29, 1.82) is 0 Å². The van der Waals surface area contributed by atoms with E-state index < -0.39 is 24.1 Å². The van der Waals surface area contributed by atoms with Gasteiger partial charge in [-0.3, -0.25) is 4.79 Å². The lowest BCUT2D eigenvalue weighted by molar-refractivity contribution is -0.138. The molecule has 0 spiro atoms. The first-order valence-electron chi connectivity index (χ1n) is 12.1. The van der Waals surface area contributed by atoms with E-state index in [1.807, 2.05) is 19.1 Å². The Kier molecular flexibility index (Phi) is 9.33. The SMILES string of the molecule is CCCc1sc(CC(OC2CCCC2)C(O)c2cc(OC)c(C)c(OC)c2)nc1C(C)C(=O)O. The van der Waals surface area contributed by atoms with E-state index in [-0.39, 0.29) is 6.10 Å². The molecule has 0 aliphatic heterocycles. The van der Waals surface area contributed by atoms with E-state index in [1.165, 1.54) is 11.3 Å². The molecule has 1 aromatic carbocycles. The molecular formula is C26H37NO6S. The molecule has 1 aliphatic carbocycles. The molecule has 2 aromatic rings. The maximum absolute atomic E-state index is 11.6. The van der Waals surface area contributed by atoms with Gasteiger partial charge >= 0.3 is 5.97 Å². The summed E-state index contributed by atoms with van der Waals surface area (Å²) >= 11 is 1.53. The van der Waals surface area contributed by atoms with Crippen LogP contribution in [-0.2, 0) is 22.4 Å². The van der Waals surface area contributed by atoms with E-state index in [4.69, 9.17) is 19.2 Å². The molecule has 0 bridgehead atoms. The third-order valence-electron chi connectivity index (χ3n) is 6.54. The number of hydrogen-bond acceptors (Lipinski definition) is 7. The Balaban J connectivity index is 1.94. The number of aliphatic carboxylic acids is 1. The van der Waals surface area contributed by atoms with Gasteiger partial charge in [0.2, 0.25) is 0 Å². The summed E-state index contributed by atoms with van der Waals surface area (Å²) in [6, 6.07) is 3.66. The molecule has 188 valence electrons. The number of benzene rings is 1. The summed E-state index contributed by atoms with van der Waals surface area (Å²) in [5.41, 5.74) is 2.15. The fourth-order valence-electron chi connectivity index (χ4n) is 4.53. The van der Waals surface area contributed by atoms with Crippen LogP contribution in [-0.4, -0.2) is 47.6 Å². The number of nitrogens with zero attached hydrogens (tertiary/aromatic N) is 1. The van der Waals surface area contributed by atoms with Crippen LogP contribution in [0.3, 0.4) is 0 Å². The van der Waals surface area contributed by atoms with Crippen molar-refractivity contribution in [2.24, 2.45) is 0 Å². The monoisotopic (exact) mass is 491 g/mol. The number of ether oxygens (including phenoxy) is 3. The number of carbonyl (C=O) groups is 1. The molecule has 3 atom stereocenters. The molecule has 3 unspecified atom stereocenters. The van der Waals surface area contributed by atoms with Crippen LogP contribution in [0.5, 0.6) is 11.5 Å². The van der Waals surface area contributed by atoms with Gasteiger partial charge in [0.25, 0.3) is 0 Å². The molecule has 1 aromatic heterocycles. The molecule has 8 heteroatoms. The summed E-state index contributed by atoms with van der Waals surface area (Å²) in [5, 5.41) is 21.8. The summed E-state index contributed by atoms with van der Waals surface area (Å²) in [6.07, 6.45) is 4.97. The fourth-order valence-corrected chi connectivity index (χ4v) is 5.84. The topological polar surface area (TPSA) is 98.1 Å². The molecule has 1 saturated carbocycles. The number of carboxylic acid groups (broad SMARTS) is 1. The van der Waals surface area contributed by atoms with Gasteiger partial charge in [-0.05, 0) is 50.8 Å². The van der Waals surface area contributed by atoms with Crippen LogP contribution in [0.1, 0.15) is 84.7 Å². The van der Waals surface area contributed by atoms with E-state index >= 15 is 0 Å². The van der Waals surface area contributed by atoms with Crippen molar-refractivity contribution >= 4 is 17.3 Å². The number of aromatic nitrogens is 1. The Labute approximate surface area is 206 Å². The number of aliphatic hydroxyl groups is 1. The summed E-state index contributed by atoms with van der Waals surface area (Å²) in [5.74, 6) is -0.265. The van der Waals surface area contributed by atoms with Crippen LogP contribution in [0.15, 0.2) is 12.1 Å². The second kappa shape index (κ2) is 12.0. The minimum atomic E-state index is -0.914. The normalized spacial score (nSPS) is 16.9. The maximum Gasteiger partial charge on any atom is 0.312 e. The second-order valence-electron chi connectivity index (χ2n) is 9.01. The van der Waals surface area contributed by atoms with Crippen molar-refractivity contribution < 1.29 is 29.2 Å². The molecule has 1 heterocycles. The fraction of sp³-hybridized carbons (Fsp3) is 0.615. The zero-order chi connectivity index (χ0) is 24.8. The average Bonchev–Trinajstić information content (AvgIpc) is 3.48. The van der Waals surface area contributed by atoms with Gasteiger partial charge in [0.1, 0.15) is 17.6 Å². The van der Waals surface area contributed by atoms with Crippen molar-refractivity contribution in [3.05, 3.63) is 38.8 Å². The number of thiazole rings is 1. The van der Waals surface area contributed by atoms with Gasteiger partial charge < -0.3 is 24.4 Å². The van der Waals surface area contributed by atoms with E-state index in [1.54, 1.807) is 21.1 Å². The van der Waals surface area contributed by atoms with E-state index in [0.29, 0.717) is 29.2 Å². The highest BCUT2D eigenvalue weighted by atomic mass is 32.1. The van der Waals surface area contributed by atoms with Crippen molar-refractivity contribution in [2.75, 3.05) is 14.2 Å². The lowest BCUT2D eigenvalue weighted by atomic mass is 9.99. The highest BCUT2D eigenvalue weighted by molar-refractivity contribution is 7.11. The zero-order valence-electron chi connectivity index (χ0n) is 20.8. The number of aliphatic hydroxyl groups excluding tert-OH is 1. The van der Waals surface area contributed by atoms with E-state index in [2.05, 4.69) is 6.92 Å². The third kappa shape index (κ3) is 6.09. The van der Waals surface area contributed by atoms with E-state index in [9.17, 15) is 15.0 Å². The number of rotatable bonds is 12. The number of methoxy groups -OCH3 is 2. The van der Waals surface area contributed by atoms with Crippen LogP contribution in [0, 0.1) is 6.92 Å². The van der Waals surface area contributed by atoms with Crippen molar-refractivity contribution in [3.8, 4) is 11.5 Å². The Morgan fingerprint density at radius 2 is 1.82 bits per heavy atom.